The molecule has 1 fully saturated rings. The second-order valence-corrected chi connectivity index (χ2v) is 7.80. The van der Waals surface area contributed by atoms with Crippen LogP contribution in [0.25, 0.3) is 0 Å². The van der Waals surface area contributed by atoms with Crippen LogP contribution in [0.4, 0.5) is 5.69 Å². The van der Waals surface area contributed by atoms with Crippen LogP contribution in [-0.4, -0.2) is 33.5 Å². The van der Waals surface area contributed by atoms with Gasteiger partial charge in [-0.15, -0.1) is 0 Å². The van der Waals surface area contributed by atoms with Crippen LogP contribution in [0.1, 0.15) is 12.0 Å². The van der Waals surface area contributed by atoms with Gasteiger partial charge >= 0.3 is 0 Å². The molecular formula is C13H20N2O2S2. The second-order valence-electron chi connectivity index (χ2n) is 4.80. The van der Waals surface area contributed by atoms with Crippen molar-refractivity contribution in [3.05, 3.63) is 23.8 Å². The number of rotatable bonds is 5. The molecule has 0 radical (unpaired) electrons. The molecule has 1 saturated heterocycles. The molecule has 2 rings (SSSR count). The maximum absolute atomic E-state index is 11.9. The summed E-state index contributed by atoms with van der Waals surface area (Å²) in [4.78, 5) is 0.348. The van der Waals surface area contributed by atoms with Crippen molar-refractivity contribution in [1.82, 2.24) is 4.72 Å². The molecule has 1 aliphatic heterocycles. The van der Waals surface area contributed by atoms with Crippen LogP contribution in [0, 0.1) is 12.8 Å². The molecule has 106 valence electrons. The third kappa shape index (κ3) is 3.64. The molecule has 0 spiro atoms. The van der Waals surface area contributed by atoms with Gasteiger partial charge in [-0.05, 0) is 55.5 Å². The lowest BCUT2D eigenvalue weighted by molar-refractivity contribution is 0.587. The number of hydrogen-bond donors (Lipinski definition) is 2. The van der Waals surface area contributed by atoms with E-state index in [0.29, 0.717) is 10.8 Å². The van der Waals surface area contributed by atoms with Crippen molar-refractivity contribution in [1.29, 1.82) is 0 Å². The minimum Gasteiger partial charge on any atom is -0.385 e. The maximum Gasteiger partial charge on any atom is 0.240 e. The Balaban J connectivity index is 2.12. The summed E-state index contributed by atoms with van der Waals surface area (Å²) >= 11 is 1.98. The van der Waals surface area contributed by atoms with Crippen LogP contribution in [0.3, 0.4) is 0 Å². The predicted molar refractivity (Wildman–Crippen MR) is 81.3 cm³/mol. The van der Waals surface area contributed by atoms with E-state index >= 15 is 0 Å². The molecule has 0 aromatic heterocycles. The summed E-state index contributed by atoms with van der Waals surface area (Å²) in [6.07, 6.45) is 1.24. The van der Waals surface area contributed by atoms with Crippen LogP contribution in [0.2, 0.25) is 0 Å². The fourth-order valence-corrected chi connectivity index (χ4v) is 4.39. The molecule has 0 saturated carbocycles. The summed E-state index contributed by atoms with van der Waals surface area (Å²) in [6, 6.07) is 5.49. The van der Waals surface area contributed by atoms with E-state index in [-0.39, 0.29) is 0 Å². The Hall–Kier alpha value is -0.720. The van der Waals surface area contributed by atoms with E-state index in [1.165, 1.54) is 25.0 Å². The number of thioether (sulfide) groups is 1. The van der Waals surface area contributed by atoms with Gasteiger partial charge in [-0.3, -0.25) is 0 Å². The van der Waals surface area contributed by atoms with Crippen molar-refractivity contribution < 1.29 is 8.42 Å². The summed E-state index contributed by atoms with van der Waals surface area (Å²) in [5, 5.41) is 3.34. The third-order valence-corrected chi connectivity index (χ3v) is 6.15. The first-order valence-electron chi connectivity index (χ1n) is 6.39. The Morgan fingerprint density at radius 1 is 1.42 bits per heavy atom. The number of benzene rings is 1. The molecule has 0 bridgehead atoms. The first-order chi connectivity index (χ1) is 9.03. The summed E-state index contributed by atoms with van der Waals surface area (Å²) in [6.45, 7) is 2.72. The number of aryl methyl sites for hydroxylation is 1. The zero-order valence-electron chi connectivity index (χ0n) is 11.3. The first-order valence-corrected chi connectivity index (χ1v) is 9.02. The standard InChI is InChI=1S/C13H20N2O2S2/c1-10-3-4-12(7-13(10)19(16,17)14-2)15-8-11-5-6-18-9-11/h3-4,7,11,14-15H,5-6,8-9H2,1-2H3. The molecule has 1 aromatic carbocycles. The van der Waals surface area contributed by atoms with Gasteiger partial charge in [-0.1, -0.05) is 6.07 Å². The zero-order chi connectivity index (χ0) is 13.9. The van der Waals surface area contributed by atoms with Crippen molar-refractivity contribution in [2.24, 2.45) is 5.92 Å². The quantitative estimate of drug-likeness (QED) is 0.874. The van der Waals surface area contributed by atoms with E-state index < -0.39 is 10.0 Å². The van der Waals surface area contributed by atoms with Crippen LogP contribution < -0.4 is 10.0 Å². The molecule has 1 atom stereocenters. The van der Waals surface area contributed by atoms with Gasteiger partial charge in [0.15, 0.2) is 0 Å². The minimum atomic E-state index is -3.38. The summed E-state index contributed by atoms with van der Waals surface area (Å²) < 4.78 is 26.1. The fraction of sp³-hybridized carbons (Fsp3) is 0.538. The number of hydrogen-bond acceptors (Lipinski definition) is 4. The Morgan fingerprint density at radius 3 is 2.84 bits per heavy atom. The van der Waals surface area contributed by atoms with Crippen molar-refractivity contribution in [3.8, 4) is 0 Å². The molecule has 1 heterocycles. The van der Waals surface area contributed by atoms with Gasteiger partial charge in [0, 0.05) is 12.2 Å². The van der Waals surface area contributed by atoms with E-state index in [1.54, 1.807) is 6.07 Å². The maximum atomic E-state index is 11.9. The van der Waals surface area contributed by atoms with Crippen molar-refractivity contribution in [2.75, 3.05) is 30.4 Å². The van der Waals surface area contributed by atoms with Gasteiger partial charge in [0.05, 0.1) is 4.90 Å². The lowest BCUT2D eigenvalue weighted by Gasteiger charge is -2.13. The van der Waals surface area contributed by atoms with Gasteiger partial charge in [0.1, 0.15) is 0 Å². The number of sulfonamides is 1. The van der Waals surface area contributed by atoms with Crippen LogP contribution >= 0.6 is 11.8 Å². The molecule has 1 aromatic rings. The fourth-order valence-electron chi connectivity index (χ4n) is 2.12. The lowest BCUT2D eigenvalue weighted by Crippen LogP contribution is -2.20. The highest BCUT2D eigenvalue weighted by Crippen LogP contribution is 2.25. The van der Waals surface area contributed by atoms with Gasteiger partial charge in [-0.25, -0.2) is 13.1 Å². The highest BCUT2D eigenvalue weighted by molar-refractivity contribution is 7.99. The third-order valence-electron chi connectivity index (χ3n) is 3.37. The molecule has 19 heavy (non-hydrogen) atoms. The topological polar surface area (TPSA) is 58.2 Å². The van der Waals surface area contributed by atoms with E-state index in [2.05, 4.69) is 10.0 Å². The van der Waals surface area contributed by atoms with Crippen LogP contribution in [0.15, 0.2) is 23.1 Å². The Labute approximate surface area is 119 Å². The second kappa shape index (κ2) is 6.15. The van der Waals surface area contributed by atoms with Gasteiger partial charge < -0.3 is 5.32 Å². The van der Waals surface area contributed by atoms with Crippen LogP contribution in [0.5, 0.6) is 0 Å². The summed E-state index contributed by atoms with van der Waals surface area (Å²) in [5.41, 5.74) is 1.63. The average Bonchev–Trinajstić information content (AvgIpc) is 2.91. The molecule has 1 aliphatic rings. The molecule has 4 nitrogen and oxygen atoms in total. The van der Waals surface area contributed by atoms with Crippen molar-refractivity contribution in [2.45, 2.75) is 18.2 Å². The van der Waals surface area contributed by atoms with Crippen molar-refractivity contribution in [3.63, 3.8) is 0 Å². The molecule has 6 heteroatoms. The molecule has 0 amide bonds. The van der Waals surface area contributed by atoms with Gasteiger partial charge in [-0.2, -0.15) is 11.8 Å². The van der Waals surface area contributed by atoms with Crippen LogP contribution in [-0.2, 0) is 10.0 Å². The minimum absolute atomic E-state index is 0.348. The Morgan fingerprint density at radius 2 is 2.21 bits per heavy atom. The summed E-state index contributed by atoms with van der Waals surface area (Å²) in [5.74, 6) is 3.12. The van der Waals surface area contributed by atoms with E-state index in [4.69, 9.17) is 0 Å². The SMILES string of the molecule is CNS(=O)(=O)c1cc(NCC2CCSC2)ccc1C. The number of nitrogens with one attached hydrogen (secondary N) is 2. The molecule has 0 aliphatic carbocycles. The first kappa shape index (κ1) is 14.7. The Bertz CT molecular complexity index is 538. The zero-order valence-corrected chi connectivity index (χ0v) is 12.9. The smallest absolute Gasteiger partial charge is 0.240 e. The predicted octanol–water partition coefficient (Wildman–Crippen LogP) is 2.07. The number of anilines is 1. The van der Waals surface area contributed by atoms with Gasteiger partial charge in [0.2, 0.25) is 10.0 Å². The van der Waals surface area contributed by atoms with E-state index in [0.717, 1.165) is 17.8 Å². The van der Waals surface area contributed by atoms with Crippen molar-refractivity contribution >= 4 is 27.5 Å². The van der Waals surface area contributed by atoms with E-state index in [1.807, 2.05) is 30.8 Å². The molecular weight excluding hydrogens is 280 g/mol. The molecule has 1 unspecified atom stereocenters. The largest absolute Gasteiger partial charge is 0.385 e. The monoisotopic (exact) mass is 300 g/mol. The normalized spacial score (nSPS) is 19.6. The van der Waals surface area contributed by atoms with Gasteiger partial charge in [0.25, 0.3) is 0 Å². The highest BCUT2D eigenvalue weighted by Gasteiger charge is 2.17. The lowest BCUT2D eigenvalue weighted by atomic mass is 10.1. The Kier molecular flexibility index (Phi) is 4.76. The van der Waals surface area contributed by atoms with E-state index in [9.17, 15) is 8.42 Å². The average molecular weight is 300 g/mol. The highest BCUT2D eigenvalue weighted by atomic mass is 32.2. The molecule has 2 N–H and O–H groups in total. The summed E-state index contributed by atoms with van der Waals surface area (Å²) in [7, 11) is -1.95.